The topological polar surface area (TPSA) is 58.5 Å². The van der Waals surface area contributed by atoms with E-state index < -0.39 is 0 Å². The Morgan fingerprint density at radius 3 is 2.67 bits per heavy atom. The van der Waals surface area contributed by atoms with Crippen molar-refractivity contribution in [2.75, 3.05) is 0 Å². The summed E-state index contributed by atoms with van der Waals surface area (Å²) in [6.07, 6.45) is 3.53. The summed E-state index contributed by atoms with van der Waals surface area (Å²) in [5.74, 6) is 0. The Labute approximate surface area is 124 Å². The van der Waals surface area contributed by atoms with Gasteiger partial charge in [-0.1, -0.05) is 18.2 Å². The van der Waals surface area contributed by atoms with Crippen LogP contribution in [0.4, 0.5) is 0 Å². The molecular formula is C16H19N5. The molecule has 0 saturated carbocycles. The minimum Gasteiger partial charge on any atom is -0.347 e. The Kier molecular flexibility index (Phi) is 3.83. The van der Waals surface area contributed by atoms with Crippen LogP contribution in [-0.4, -0.2) is 19.7 Å². The van der Waals surface area contributed by atoms with Crippen molar-refractivity contribution in [3.8, 4) is 5.69 Å². The third-order valence-electron chi connectivity index (χ3n) is 3.61. The summed E-state index contributed by atoms with van der Waals surface area (Å²) in [5.41, 5.74) is 5.67. The van der Waals surface area contributed by atoms with E-state index in [-0.39, 0.29) is 0 Å². The van der Waals surface area contributed by atoms with Crippen LogP contribution < -0.4 is 5.32 Å². The Morgan fingerprint density at radius 2 is 1.95 bits per heavy atom. The molecule has 2 aromatic heterocycles. The number of para-hydroxylation sites is 1. The summed E-state index contributed by atoms with van der Waals surface area (Å²) in [6, 6.07) is 10.2. The lowest BCUT2D eigenvalue weighted by atomic mass is 10.2. The molecule has 0 fully saturated rings. The third-order valence-corrected chi connectivity index (χ3v) is 3.61. The monoisotopic (exact) mass is 281 g/mol. The predicted molar refractivity (Wildman–Crippen MR) is 82.2 cm³/mol. The molecule has 2 N–H and O–H groups in total. The van der Waals surface area contributed by atoms with E-state index in [4.69, 9.17) is 0 Å². The number of aromatic nitrogens is 4. The molecule has 0 amide bonds. The number of hydrogen-bond donors (Lipinski definition) is 2. The van der Waals surface area contributed by atoms with Gasteiger partial charge in [0.05, 0.1) is 17.7 Å². The van der Waals surface area contributed by atoms with E-state index in [2.05, 4.69) is 46.4 Å². The summed E-state index contributed by atoms with van der Waals surface area (Å²) in [4.78, 5) is 7.10. The second-order valence-electron chi connectivity index (χ2n) is 5.08. The normalized spacial score (nSPS) is 11.0. The number of aryl methyl sites for hydroxylation is 1. The number of nitrogens with zero attached hydrogens (tertiary/aromatic N) is 3. The molecular weight excluding hydrogens is 262 g/mol. The van der Waals surface area contributed by atoms with Gasteiger partial charge in [-0.15, -0.1) is 0 Å². The van der Waals surface area contributed by atoms with Crippen molar-refractivity contribution in [2.24, 2.45) is 0 Å². The van der Waals surface area contributed by atoms with Crippen molar-refractivity contribution >= 4 is 0 Å². The molecule has 0 aliphatic heterocycles. The minimum absolute atomic E-state index is 0.773. The number of H-pyrrole nitrogens is 1. The number of rotatable bonds is 5. The van der Waals surface area contributed by atoms with E-state index in [0.717, 1.165) is 30.2 Å². The molecule has 0 aliphatic rings. The molecule has 1 aromatic carbocycles. The lowest BCUT2D eigenvalue weighted by molar-refractivity contribution is 0.677. The highest BCUT2D eigenvalue weighted by atomic mass is 15.3. The maximum atomic E-state index is 4.65. The average molecular weight is 281 g/mol. The van der Waals surface area contributed by atoms with Crippen molar-refractivity contribution < 1.29 is 0 Å². The maximum absolute atomic E-state index is 4.65. The van der Waals surface area contributed by atoms with E-state index in [0.29, 0.717) is 0 Å². The molecule has 0 spiro atoms. The van der Waals surface area contributed by atoms with Crippen LogP contribution in [0.5, 0.6) is 0 Å². The van der Waals surface area contributed by atoms with Gasteiger partial charge < -0.3 is 10.3 Å². The fraction of sp³-hybridized carbons (Fsp3) is 0.250. The van der Waals surface area contributed by atoms with Gasteiger partial charge in [-0.05, 0) is 26.0 Å². The molecule has 21 heavy (non-hydrogen) atoms. The molecule has 0 saturated heterocycles. The summed E-state index contributed by atoms with van der Waals surface area (Å²) in [7, 11) is 0. The van der Waals surface area contributed by atoms with Crippen molar-refractivity contribution in [1.29, 1.82) is 0 Å². The first-order valence-corrected chi connectivity index (χ1v) is 7.04. The fourth-order valence-corrected chi connectivity index (χ4v) is 2.45. The van der Waals surface area contributed by atoms with Crippen LogP contribution in [0.15, 0.2) is 42.9 Å². The van der Waals surface area contributed by atoms with Crippen molar-refractivity contribution in [3.05, 3.63) is 65.5 Å². The molecule has 3 rings (SSSR count). The van der Waals surface area contributed by atoms with Gasteiger partial charge in [-0.3, -0.25) is 0 Å². The molecule has 0 bridgehead atoms. The molecule has 3 aromatic rings. The maximum Gasteiger partial charge on any atom is 0.0922 e. The minimum atomic E-state index is 0.773. The number of hydrogen-bond acceptors (Lipinski definition) is 3. The van der Waals surface area contributed by atoms with Crippen LogP contribution >= 0.6 is 0 Å². The van der Waals surface area contributed by atoms with Crippen LogP contribution in [0.2, 0.25) is 0 Å². The summed E-state index contributed by atoms with van der Waals surface area (Å²) in [5, 5.41) is 8.08. The second kappa shape index (κ2) is 5.93. The van der Waals surface area contributed by atoms with Gasteiger partial charge >= 0.3 is 0 Å². The SMILES string of the molecule is Cc1nn(-c2ccccc2)c(C)c1CNCc1cnc[nH]1. The first kappa shape index (κ1) is 13.6. The second-order valence-corrected chi connectivity index (χ2v) is 5.08. The van der Waals surface area contributed by atoms with E-state index in [1.54, 1.807) is 6.33 Å². The number of benzene rings is 1. The predicted octanol–water partition coefficient (Wildman–Crippen LogP) is 2.50. The molecule has 0 aliphatic carbocycles. The number of imidazole rings is 1. The van der Waals surface area contributed by atoms with Gasteiger partial charge in [0, 0.05) is 36.2 Å². The zero-order valence-corrected chi connectivity index (χ0v) is 12.3. The van der Waals surface area contributed by atoms with E-state index >= 15 is 0 Å². The Hall–Kier alpha value is -2.40. The van der Waals surface area contributed by atoms with Gasteiger partial charge in [-0.2, -0.15) is 5.10 Å². The van der Waals surface area contributed by atoms with Crippen LogP contribution in [0.1, 0.15) is 22.6 Å². The zero-order chi connectivity index (χ0) is 14.7. The van der Waals surface area contributed by atoms with Crippen molar-refractivity contribution in [2.45, 2.75) is 26.9 Å². The Morgan fingerprint density at radius 1 is 1.14 bits per heavy atom. The molecule has 5 nitrogen and oxygen atoms in total. The third kappa shape index (κ3) is 2.87. The van der Waals surface area contributed by atoms with Crippen LogP contribution in [-0.2, 0) is 13.1 Å². The molecule has 5 heteroatoms. The zero-order valence-electron chi connectivity index (χ0n) is 12.3. The summed E-state index contributed by atoms with van der Waals surface area (Å²) < 4.78 is 2.00. The highest BCUT2D eigenvalue weighted by molar-refractivity contribution is 5.36. The lowest BCUT2D eigenvalue weighted by Crippen LogP contribution is -2.14. The van der Waals surface area contributed by atoms with Crippen LogP contribution in [0.3, 0.4) is 0 Å². The quantitative estimate of drug-likeness (QED) is 0.755. The largest absolute Gasteiger partial charge is 0.347 e. The van der Waals surface area contributed by atoms with E-state index in [1.807, 2.05) is 29.1 Å². The summed E-state index contributed by atoms with van der Waals surface area (Å²) >= 11 is 0. The standard InChI is InChI=1S/C16H19N5/c1-12-16(10-17-8-14-9-18-11-19-14)13(2)21(20-12)15-6-4-3-5-7-15/h3-7,9,11,17H,8,10H2,1-2H3,(H,18,19). The van der Waals surface area contributed by atoms with Gasteiger partial charge in [0.1, 0.15) is 0 Å². The van der Waals surface area contributed by atoms with Crippen LogP contribution in [0, 0.1) is 13.8 Å². The Balaban J connectivity index is 1.75. The lowest BCUT2D eigenvalue weighted by Gasteiger charge is -2.06. The Bertz CT molecular complexity index is 698. The highest BCUT2D eigenvalue weighted by Crippen LogP contribution is 2.17. The molecule has 108 valence electrons. The van der Waals surface area contributed by atoms with Gasteiger partial charge in [0.25, 0.3) is 0 Å². The van der Waals surface area contributed by atoms with E-state index in [1.165, 1.54) is 11.3 Å². The molecule has 2 heterocycles. The molecule has 0 radical (unpaired) electrons. The van der Waals surface area contributed by atoms with Gasteiger partial charge in [-0.25, -0.2) is 9.67 Å². The van der Waals surface area contributed by atoms with E-state index in [9.17, 15) is 0 Å². The average Bonchev–Trinajstić information content (AvgIpc) is 3.11. The van der Waals surface area contributed by atoms with Gasteiger partial charge in [0.2, 0.25) is 0 Å². The van der Waals surface area contributed by atoms with Crippen molar-refractivity contribution in [3.63, 3.8) is 0 Å². The summed E-state index contributed by atoms with van der Waals surface area (Å²) in [6.45, 7) is 5.73. The van der Waals surface area contributed by atoms with Crippen LogP contribution in [0.25, 0.3) is 5.69 Å². The first-order valence-electron chi connectivity index (χ1n) is 7.04. The van der Waals surface area contributed by atoms with Gasteiger partial charge in [0.15, 0.2) is 0 Å². The smallest absolute Gasteiger partial charge is 0.0922 e. The number of aromatic amines is 1. The first-order chi connectivity index (χ1) is 10.3. The molecule has 0 unspecified atom stereocenters. The fourth-order valence-electron chi connectivity index (χ4n) is 2.45. The van der Waals surface area contributed by atoms with Crippen molar-refractivity contribution in [1.82, 2.24) is 25.1 Å². The molecule has 0 atom stereocenters. The number of nitrogens with one attached hydrogen (secondary N) is 2. The highest BCUT2D eigenvalue weighted by Gasteiger charge is 2.12.